The number of hydrogen-bond acceptors (Lipinski definition) is 3. The number of para-hydroxylation sites is 1. The van der Waals surface area contributed by atoms with Crippen LogP contribution < -0.4 is 11.1 Å². The number of rotatable bonds is 8. The van der Waals surface area contributed by atoms with Gasteiger partial charge in [-0.3, -0.25) is 9.59 Å². The van der Waals surface area contributed by atoms with Crippen molar-refractivity contribution in [2.45, 2.75) is 19.3 Å². The lowest BCUT2D eigenvalue weighted by atomic mass is 10.1. The highest BCUT2D eigenvalue weighted by Crippen LogP contribution is 2.12. The van der Waals surface area contributed by atoms with Crippen molar-refractivity contribution >= 4 is 17.4 Å². The molecule has 1 amide bonds. The lowest BCUT2D eigenvalue weighted by Gasteiger charge is -2.04. The Labute approximate surface area is 146 Å². The average Bonchev–Trinajstić information content (AvgIpc) is 2.60. The monoisotopic (exact) mass is 340 g/mol. The van der Waals surface area contributed by atoms with Gasteiger partial charge in [0, 0.05) is 30.6 Å². The number of amides is 1. The molecule has 0 heterocycles. The second-order valence-electron chi connectivity index (χ2n) is 5.64. The fourth-order valence-corrected chi connectivity index (χ4v) is 2.28. The first-order valence-electron chi connectivity index (χ1n) is 8.10. The number of carbonyl (C=O) groups is 2. The van der Waals surface area contributed by atoms with Gasteiger partial charge in [0.25, 0.3) is 5.91 Å². The van der Waals surface area contributed by atoms with Gasteiger partial charge in [0.05, 0.1) is 0 Å². The molecule has 0 spiro atoms. The molecule has 4 nitrogen and oxygen atoms in total. The van der Waals surface area contributed by atoms with Crippen molar-refractivity contribution in [2.75, 3.05) is 12.3 Å². The van der Waals surface area contributed by atoms with E-state index in [0.717, 1.165) is 5.56 Å². The van der Waals surface area contributed by atoms with Gasteiger partial charge < -0.3 is 11.1 Å². The molecule has 2 rings (SSSR count). The quantitative estimate of drug-likeness (QED) is 0.440. The highest BCUT2D eigenvalue weighted by molar-refractivity contribution is 5.94. The number of ketones is 1. The van der Waals surface area contributed by atoms with E-state index in [2.05, 4.69) is 5.32 Å². The molecule has 0 saturated heterocycles. The van der Waals surface area contributed by atoms with E-state index >= 15 is 0 Å². The minimum atomic E-state index is -0.374. The summed E-state index contributed by atoms with van der Waals surface area (Å²) in [7, 11) is 0. The number of nitrogens with two attached hydrogens (primary N) is 1. The first kappa shape index (κ1) is 18.4. The van der Waals surface area contributed by atoms with Crippen LogP contribution in [0.1, 0.15) is 28.8 Å². The summed E-state index contributed by atoms with van der Waals surface area (Å²) in [6.45, 7) is 0.451. The molecular weight excluding hydrogens is 319 g/mol. The zero-order valence-corrected chi connectivity index (χ0v) is 13.9. The second-order valence-corrected chi connectivity index (χ2v) is 5.64. The summed E-state index contributed by atoms with van der Waals surface area (Å²) in [5.41, 5.74) is 7.70. The molecule has 0 saturated carbocycles. The Bertz CT molecular complexity index is 755. The maximum Gasteiger partial charge on any atom is 0.251 e. The van der Waals surface area contributed by atoms with Crippen molar-refractivity contribution in [1.82, 2.24) is 5.32 Å². The van der Waals surface area contributed by atoms with E-state index in [0.29, 0.717) is 37.1 Å². The minimum absolute atomic E-state index is 0.0875. The maximum absolute atomic E-state index is 12.8. The Morgan fingerprint density at radius 1 is 1.04 bits per heavy atom. The molecule has 0 aliphatic rings. The van der Waals surface area contributed by atoms with Gasteiger partial charge in [-0.2, -0.15) is 0 Å². The van der Waals surface area contributed by atoms with Crippen LogP contribution >= 0.6 is 0 Å². The largest absolute Gasteiger partial charge is 0.398 e. The van der Waals surface area contributed by atoms with Crippen LogP contribution in [0.4, 0.5) is 10.1 Å². The van der Waals surface area contributed by atoms with E-state index in [9.17, 15) is 14.0 Å². The van der Waals surface area contributed by atoms with E-state index in [4.69, 9.17) is 5.73 Å². The van der Waals surface area contributed by atoms with Gasteiger partial charge in [-0.05, 0) is 42.3 Å². The van der Waals surface area contributed by atoms with Gasteiger partial charge in [0.2, 0.25) is 0 Å². The Kier molecular flexibility index (Phi) is 6.89. The number of nitrogens with one attached hydrogen (secondary N) is 1. The molecule has 0 aliphatic carbocycles. The first-order valence-corrected chi connectivity index (χ1v) is 8.10. The topological polar surface area (TPSA) is 72.2 Å². The van der Waals surface area contributed by atoms with Gasteiger partial charge in [0.1, 0.15) is 11.6 Å². The fraction of sp³-hybridized carbons (Fsp3) is 0.200. The van der Waals surface area contributed by atoms with Crippen LogP contribution in [0, 0.1) is 5.82 Å². The van der Waals surface area contributed by atoms with E-state index in [1.54, 1.807) is 12.1 Å². The Balaban J connectivity index is 1.66. The van der Waals surface area contributed by atoms with Crippen LogP contribution in [0.2, 0.25) is 0 Å². The molecule has 0 bridgehead atoms. The lowest BCUT2D eigenvalue weighted by molar-refractivity contribution is -0.117. The molecule has 3 N–H and O–H groups in total. The van der Waals surface area contributed by atoms with Crippen LogP contribution in [0.25, 0.3) is 0 Å². The maximum atomic E-state index is 12.8. The van der Waals surface area contributed by atoms with E-state index < -0.39 is 0 Å². The normalized spacial score (nSPS) is 10.8. The molecule has 130 valence electrons. The predicted molar refractivity (Wildman–Crippen MR) is 96.7 cm³/mol. The SMILES string of the molecule is Nc1ccccc1CC(=O)C/C=C/CCNC(=O)c1ccc(F)cc1. The van der Waals surface area contributed by atoms with E-state index in [-0.39, 0.29) is 17.5 Å². The zero-order chi connectivity index (χ0) is 18.1. The highest BCUT2D eigenvalue weighted by atomic mass is 19.1. The fourth-order valence-electron chi connectivity index (χ4n) is 2.28. The van der Waals surface area contributed by atoms with Crippen molar-refractivity contribution in [3.8, 4) is 0 Å². The number of halogens is 1. The number of anilines is 1. The van der Waals surface area contributed by atoms with Crippen molar-refractivity contribution < 1.29 is 14.0 Å². The lowest BCUT2D eigenvalue weighted by Crippen LogP contribution is -2.24. The van der Waals surface area contributed by atoms with E-state index in [1.807, 2.05) is 24.3 Å². The predicted octanol–water partition coefficient (Wildman–Crippen LogP) is 3.29. The molecule has 0 aliphatic heterocycles. The van der Waals surface area contributed by atoms with Gasteiger partial charge in [0.15, 0.2) is 0 Å². The molecule has 2 aromatic rings. The standard InChI is InChI=1S/C20H21FN2O2/c21-17-11-9-15(10-12-17)20(25)23-13-5-1-2-7-18(24)14-16-6-3-4-8-19(16)22/h1-4,6,8-12H,5,7,13-14,22H2,(H,23,25)/b2-1+. The van der Waals surface area contributed by atoms with Crippen molar-refractivity contribution in [3.05, 3.63) is 77.6 Å². The van der Waals surface area contributed by atoms with Crippen LogP contribution in [-0.2, 0) is 11.2 Å². The van der Waals surface area contributed by atoms with Gasteiger partial charge in [-0.1, -0.05) is 30.4 Å². The molecule has 25 heavy (non-hydrogen) atoms. The van der Waals surface area contributed by atoms with Crippen molar-refractivity contribution in [3.63, 3.8) is 0 Å². The number of nitrogen functional groups attached to an aromatic ring is 1. The zero-order valence-electron chi connectivity index (χ0n) is 13.9. The van der Waals surface area contributed by atoms with Crippen LogP contribution in [0.3, 0.4) is 0 Å². The molecule has 0 radical (unpaired) electrons. The van der Waals surface area contributed by atoms with Crippen LogP contribution in [-0.4, -0.2) is 18.2 Å². The summed E-state index contributed by atoms with van der Waals surface area (Å²) in [5, 5.41) is 2.74. The smallest absolute Gasteiger partial charge is 0.251 e. The van der Waals surface area contributed by atoms with Crippen LogP contribution in [0.15, 0.2) is 60.7 Å². The molecule has 0 unspecified atom stereocenters. The molecular formula is C20H21FN2O2. The third-order valence-corrected chi connectivity index (χ3v) is 3.66. The molecule has 5 heteroatoms. The summed E-state index contributed by atoms with van der Waals surface area (Å²) < 4.78 is 12.8. The third-order valence-electron chi connectivity index (χ3n) is 3.66. The molecule has 2 aromatic carbocycles. The third kappa shape index (κ3) is 6.22. The molecule has 0 atom stereocenters. The first-order chi connectivity index (χ1) is 12.1. The molecule has 0 fully saturated rings. The second kappa shape index (κ2) is 9.37. The summed E-state index contributed by atoms with van der Waals surface area (Å²) >= 11 is 0. The van der Waals surface area contributed by atoms with Crippen LogP contribution in [0.5, 0.6) is 0 Å². The number of allylic oxidation sites excluding steroid dienone is 1. The Morgan fingerprint density at radius 2 is 1.76 bits per heavy atom. The van der Waals surface area contributed by atoms with Gasteiger partial charge in [-0.15, -0.1) is 0 Å². The van der Waals surface area contributed by atoms with E-state index in [1.165, 1.54) is 24.3 Å². The van der Waals surface area contributed by atoms with Crippen molar-refractivity contribution in [2.24, 2.45) is 0 Å². The highest BCUT2D eigenvalue weighted by Gasteiger charge is 2.05. The van der Waals surface area contributed by atoms with Gasteiger partial charge >= 0.3 is 0 Å². The number of Topliss-reactive ketones (excluding diaryl/α,β-unsaturated/α-hetero) is 1. The number of carbonyl (C=O) groups excluding carboxylic acids is 2. The van der Waals surface area contributed by atoms with Gasteiger partial charge in [-0.25, -0.2) is 4.39 Å². The summed E-state index contributed by atoms with van der Waals surface area (Å²) in [5.74, 6) is -0.532. The Morgan fingerprint density at radius 3 is 2.48 bits per heavy atom. The van der Waals surface area contributed by atoms with Crippen molar-refractivity contribution in [1.29, 1.82) is 0 Å². The summed E-state index contributed by atoms with van der Waals surface area (Å²) in [4.78, 5) is 23.7. The molecule has 0 aromatic heterocycles. The Hall–Kier alpha value is -2.95. The average molecular weight is 340 g/mol. The number of benzene rings is 2. The minimum Gasteiger partial charge on any atom is -0.398 e. The summed E-state index contributed by atoms with van der Waals surface area (Å²) in [6.07, 6.45) is 4.93. The number of hydrogen-bond donors (Lipinski definition) is 2. The summed E-state index contributed by atoms with van der Waals surface area (Å²) in [6, 6.07) is 12.7.